The third kappa shape index (κ3) is 2.52. The molecule has 1 aromatic carbocycles. The van der Waals surface area contributed by atoms with Crippen molar-refractivity contribution in [3.8, 4) is 0 Å². The molecule has 0 saturated heterocycles. The minimum atomic E-state index is 0.625. The van der Waals surface area contributed by atoms with Gasteiger partial charge in [-0.25, -0.2) is 4.98 Å². The summed E-state index contributed by atoms with van der Waals surface area (Å²) < 4.78 is 1.14. The maximum Gasteiger partial charge on any atom is 0.106 e. The number of hydrogen-bond acceptors (Lipinski definition) is 4. The molecule has 1 unspecified atom stereocenters. The van der Waals surface area contributed by atoms with Gasteiger partial charge in [-0.3, -0.25) is 0 Å². The Bertz CT molecular complexity index is 504. The summed E-state index contributed by atoms with van der Waals surface area (Å²) in [5.41, 5.74) is 10.6. The topological polar surface area (TPSA) is 50.9 Å². The van der Waals surface area contributed by atoms with Crippen molar-refractivity contribution in [2.24, 2.45) is 11.8 Å². The van der Waals surface area contributed by atoms with Crippen molar-refractivity contribution < 1.29 is 0 Å². The third-order valence-electron chi connectivity index (χ3n) is 3.29. The van der Waals surface area contributed by atoms with Crippen LogP contribution in [0, 0.1) is 11.8 Å². The van der Waals surface area contributed by atoms with Gasteiger partial charge >= 0.3 is 0 Å². The molecule has 4 heteroatoms. The molecule has 3 N–H and O–H groups in total. The van der Waals surface area contributed by atoms with E-state index in [0.717, 1.165) is 28.1 Å². The zero-order valence-electron chi connectivity index (χ0n) is 10.5. The first-order chi connectivity index (χ1) is 8.09. The molecule has 1 atom stereocenters. The number of nitrogens with one attached hydrogen (secondary N) is 1. The Morgan fingerprint density at radius 1 is 1.35 bits per heavy atom. The molecule has 0 bridgehead atoms. The van der Waals surface area contributed by atoms with E-state index in [4.69, 9.17) is 5.73 Å². The molecule has 3 nitrogen and oxygen atoms in total. The molecule has 0 radical (unpaired) electrons. The van der Waals surface area contributed by atoms with Crippen molar-refractivity contribution in [2.45, 2.75) is 20.8 Å². The lowest BCUT2D eigenvalue weighted by Crippen LogP contribution is -2.16. The van der Waals surface area contributed by atoms with E-state index in [9.17, 15) is 0 Å². The first-order valence-electron chi connectivity index (χ1n) is 5.95. The van der Waals surface area contributed by atoms with Crippen LogP contribution in [0.2, 0.25) is 0 Å². The first-order valence-corrected chi connectivity index (χ1v) is 6.83. The quantitative estimate of drug-likeness (QED) is 0.814. The smallest absolute Gasteiger partial charge is 0.106 e. The van der Waals surface area contributed by atoms with E-state index >= 15 is 0 Å². The molecular weight excluding hydrogens is 230 g/mol. The van der Waals surface area contributed by atoms with E-state index in [0.29, 0.717) is 11.8 Å². The normalized spacial score (nSPS) is 13.2. The molecule has 0 aliphatic rings. The second kappa shape index (κ2) is 4.92. The Morgan fingerprint density at radius 2 is 2.12 bits per heavy atom. The van der Waals surface area contributed by atoms with Crippen LogP contribution in [-0.2, 0) is 0 Å². The molecule has 0 spiro atoms. The van der Waals surface area contributed by atoms with E-state index < -0.39 is 0 Å². The average molecular weight is 249 g/mol. The number of benzene rings is 1. The monoisotopic (exact) mass is 249 g/mol. The highest BCUT2D eigenvalue weighted by molar-refractivity contribution is 7.16. The Kier molecular flexibility index (Phi) is 3.52. The van der Waals surface area contributed by atoms with Crippen molar-refractivity contribution in [1.82, 2.24) is 4.98 Å². The van der Waals surface area contributed by atoms with Gasteiger partial charge in [0.15, 0.2) is 0 Å². The van der Waals surface area contributed by atoms with E-state index in [-0.39, 0.29) is 0 Å². The molecule has 2 aromatic rings. The van der Waals surface area contributed by atoms with E-state index in [1.807, 2.05) is 11.6 Å². The number of nitrogens with zero attached hydrogens (tertiary/aromatic N) is 1. The highest BCUT2D eigenvalue weighted by atomic mass is 32.1. The summed E-state index contributed by atoms with van der Waals surface area (Å²) >= 11 is 1.62. The summed E-state index contributed by atoms with van der Waals surface area (Å²) in [5, 5.41) is 3.42. The fourth-order valence-electron chi connectivity index (χ4n) is 1.61. The third-order valence-corrected chi connectivity index (χ3v) is 4.09. The minimum Gasteiger partial charge on any atom is -0.395 e. The van der Waals surface area contributed by atoms with Gasteiger partial charge in [-0.2, -0.15) is 0 Å². The molecule has 0 fully saturated rings. The molecule has 2 rings (SSSR count). The van der Waals surface area contributed by atoms with Crippen LogP contribution in [0.15, 0.2) is 17.6 Å². The van der Waals surface area contributed by atoms with Crippen LogP contribution >= 0.6 is 11.3 Å². The number of rotatable bonds is 4. The summed E-state index contributed by atoms with van der Waals surface area (Å²) in [6.07, 6.45) is 0. The van der Waals surface area contributed by atoms with Gasteiger partial charge in [-0.15, -0.1) is 11.3 Å². The second-order valence-electron chi connectivity index (χ2n) is 4.83. The van der Waals surface area contributed by atoms with Crippen molar-refractivity contribution in [1.29, 1.82) is 0 Å². The van der Waals surface area contributed by atoms with Crippen molar-refractivity contribution in [3.63, 3.8) is 0 Å². The minimum absolute atomic E-state index is 0.625. The van der Waals surface area contributed by atoms with E-state index in [1.165, 1.54) is 0 Å². The number of anilines is 2. The van der Waals surface area contributed by atoms with E-state index in [2.05, 4.69) is 37.1 Å². The van der Waals surface area contributed by atoms with Crippen LogP contribution in [0.3, 0.4) is 0 Å². The SMILES string of the molecule is CC(C)C(C)CNc1ccc2scnc2c1N. The largest absolute Gasteiger partial charge is 0.395 e. The number of fused-ring (bicyclic) bond motifs is 1. The van der Waals surface area contributed by atoms with Crippen molar-refractivity contribution in [3.05, 3.63) is 17.6 Å². The van der Waals surface area contributed by atoms with Gasteiger partial charge in [-0.05, 0) is 24.0 Å². The number of nitrogens with two attached hydrogens (primary N) is 1. The van der Waals surface area contributed by atoms with Gasteiger partial charge in [-0.1, -0.05) is 20.8 Å². The Hall–Kier alpha value is -1.29. The predicted molar refractivity (Wildman–Crippen MR) is 76.5 cm³/mol. The summed E-state index contributed by atoms with van der Waals surface area (Å²) in [6, 6.07) is 4.12. The van der Waals surface area contributed by atoms with Gasteiger partial charge in [0, 0.05) is 6.54 Å². The molecule has 1 aromatic heterocycles. The number of thiazole rings is 1. The van der Waals surface area contributed by atoms with Crippen LogP contribution in [-0.4, -0.2) is 11.5 Å². The van der Waals surface area contributed by atoms with Crippen LogP contribution in [0.1, 0.15) is 20.8 Å². The van der Waals surface area contributed by atoms with Crippen LogP contribution in [0.5, 0.6) is 0 Å². The molecule has 1 heterocycles. The van der Waals surface area contributed by atoms with Crippen LogP contribution < -0.4 is 11.1 Å². The Balaban J connectivity index is 2.16. The fourth-order valence-corrected chi connectivity index (χ4v) is 2.31. The zero-order chi connectivity index (χ0) is 12.4. The summed E-state index contributed by atoms with van der Waals surface area (Å²) in [4.78, 5) is 4.29. The molecule has 0 amide bonds. The van der Waals surface area contributed by atoms with Crippen molar-refractivity contribution in [2.75, 3.05) is 17.6 Å². The predicted octanol–water partition coefficient (Wildman–Crippen LogP) is 3.58. The maximum atomic E-state index is 6.11. The average Bonchev–Trinajstić information content (AvgIpc) is 2.76. The number of hydrogen-bond donors (Lipinski definition) is 2. The van der Waals surface area contributed by atoms with Gasteiger partial charge in [0.25, 0.3) is 0 Å². The maximum absolute atomic E-state index is 6.11. The molecule has 17 heavy (non-hydrogen) atoms. The molecule has 92 valence electrons. The Labute approximate surface area is 106 Å². The van der Waals surface area contributed by atoms with Gasteiger partial charge in [0.2, 0.25) is 0 Å². The summed E-state index contributed by atoms with van der Waals surface area (Å²) in [7, 11) is 0. The highest BCUT2D eigenvalue weighted by Crippen LogP contribution is 2.30. The van der Waals surface area contributed by atoms with Crippen molar-refractivity contribution >= 4 is 32.9 Å². The fraction of sp³-hybridized carbons (Fsp3) is 0.462. The van der Waals surface area contributed by atoms with Gasteiger partial charge in [0.1, 0.15) is 5.52 Å². The molecule has 0 aliphatic carbocycles. The van der Waals surface area contributed by atoms with E-state index in [1.54, 1.807) is 11.3 Å². The molecule has 0 aliphatic heterocycles. The first kappa shape index (κ1) is 12.2. The second-order valence-corrected chi connectivity index (χ2v) is 5.71. The zero-order valence-corrected chi connectivity index (χ0v) is 11.3. The molecular formula is C13H19N3S. The lowest BCUT2D eigenvalue weighted by atomic mass is 9.98. The van der Waals surface area contributed by atoms with Crippen LogP contribution in [0.4, 0.5) is 11.4 Å². The standard InChI is InChI=1S/C13H19N3S/c1-8(2)9(3)6-15-10-4-5-11-13(12(10)14)16-7-17-11/h4-5,7-9,15H,6,14H2,1-3H3. The lowest BCUT2D eigenvalue weighted by Gasteiger charge is -2.17. The number of nitrogen functional groups attached to an aromatic ring is 1. The number of aromatic nitrogens is 1. The Morgan fingerprint density at radius 3 is 2.82 bits per heavy atom. The summed E-state index contributed by atoms with van der Waals surface area (Å²) in [6.45, 7) is 7.66. The van der Waals surface area contributed by atoms with Gasteiger partial charge < -0.3 is 11.1 Å². The highest BCUT2D eigenvalue weighted by Gasteiger charge is 2.10. The van der Waals surface area contributed by atoms with Gasteiger partial charge in [0.05, 0.1) is 21.6 Å². The molecule has 0 saturated carbocycles. The lowest BCUT2D eigenvalue weighted by molar-refractivity contribution is 0.440. The van der Waals surface area contributed by atoms with Crippen LogP contribution in [0.25, 0.3) is 10.2 Å². The summed E-state index contributed by atoms with van der Waals surface area (Å²) in [5.74, 6) is 1.30.